The van der Waals surface area contributed by atoms with E-state index in [1.54, 1.807) is 0 Å². The van der Waals surface area contributed by atoms with Crippen molar-refractivity contribution in [3.05, 3.63) is 41.6 Å². The molecule has 1 aliphatic heterocycles. The van der Waals surface area contributed by atoms with E-state index in [1.165, 1.54) is 23.2 Å². The molecule has 0 saturated heterocycles. The van der Waals surface area contributed by atoms with Gasteiger partial charge in [-0.15, -0.1) is 0 Å². The number of hydrogen-bond donors (Lipinski definition) is 0. The molecule has 0 N–H and O–H groups in total. The van der Waals surface area contributed by atoms with Crippen LogP contribution in [-0.2, 0) is 0 Å². The molecule has 0 spiro atoms. The second kappa shape index (κ2) is 3.49. The number of fused-ring (bicyclic) bond motifs is 1. The van der Waals surface area contributed by atoms with Gasteiger partial charge in [0.25, 0.3) is 0 Å². The summed E-state index contributed by atoms with van der Waals surface area (Å²) in [5.41, 5.74) is 4.26. The van der Waals surface area contributed by atoms with E-state index in [0.29, 0.717) is 5.92 Å². The number of anilines is 1. The molecule has 0 amide bonds. The van der Waals surface area contributed by atoms with Crippen LogP contribution in [0.2, 0.25) is 0 Å². The molecule has 1 atom stereocenters. The molecule has 74 valence electrons. The van der Waals surface area contributed by atoms with Gasteiger partial charge in [-0.1, -0.05) is 30.7 Å². The van der Waals surface area contributed by atoms with Crippen LogP contribution in [-0.4, -0.2) is 7.05 Å². The molecule has 1 aliphatic rings. The van der Waals surface area contributed by atoms with Crippen molar-refractivity contribution < 1.29 is 0 Å². The lowest BCUT2D eigenvalue weighted by Gasteiger charge is -2.18. The van der Waals surface area contributed by atoms with Crippen LogP contribution in [0, 0.1) is 0 Å². The number of benzene rings is 1. The predicted octanol–water partition coefficient (Wildman–Crippen LogP) is 3.53. The minimum absolute atomic E-state index is 0.632. The maximum absolute atomic E-state index is 2.30. The summed E-state index contributed by atoms with van der Waals surface area (Å²) in [5, 5.41) is 0. The minimum Gasteiger partial charge on any atom is -0.351 e. The second-order valence-corrected chi connectivity index (χ2v) is 4.25. The zero-order valence-corrected chi connectivity index (χ0v) is 9.12. The summed E-state index contributed by atoms with van der Waals surface area (Å²) in [6.45, 7) is 4.51. The van der Waals surface area contributed by atoms with Gasteiger partial charge < -0.3 is 4.90 Å². The molecule has 0 aromatic heterocycles. The summed E-state index contributed by atoms with van der Waals surface area (Å²) in [7, 11) is 2.13. The van der Waals surface area contributed by atoms with Gasteiger partial charge in [0.05, 0.1) is 0 Å². The van der Waals surface area contributed by atoms with Crippen LogP contribution >= 0.6 is 0 Å². The van der Waals surface area contributed by atoms with E-state index < -0.39 is 0 Å². The number of para-hydroxylation sites is 1. The monoisotopic (exact) mass is 187 g/mol. The fourth-order valence-electron chi connectivity index (χ4n) is 2.27. The molecule has 14 heavy (non-hydrogen) atoms. The Balaban J connectivity index is 2.51. The molecule has 0 radical (unpaired) electrons. The Bertz CT molecular complexity index is 365. The van der Waals surface area contributed by atoms with Crippen molar-refractivity contribution in [1.82, 2.24) is 0 Å². The summed E-state index contributed by atoms with van der Waals surface area (Å²) >= 11 is 0. The Morgan fingerprint density at radius 2 is 2.00 bits per heavy atom. The topological polar surface area (TPSA) is 3.24 Å². The van der Waals surface area contributed by atoms with Gasteiger partial charge in [0.2, 0.25) is 0 Å². The van der Waals surface area contributed by atoms with Crippen LogP contribution in [0.25, 0.3) is 0 Å². The summed E-state index contributed by atoms with van der Waals surface area (Å²) in [6.07, 6.45) is 3.41. The Morgan fingerprint density at radius 3 is 2.79 bits per heavy atom. The average Bonchev–Trinajstić information content (AvgIpc) is 2.26. The lowest BCUT2D eigenvalue weighted by molar-refractivity contribution is 0.759. The lowest BCUT2D eigenvalue weighted by Crippen LogP contribution is -2.09. The van der Waals surface area contributed by atoms with Crippen molar-refractivity contribution in [2.24, 2.45) is 0 Å². The van der Waals surface area contributed by atoms with E-state index in [4.69, 9.17) is 0 Å². The van der Waals surface area contributed by atoms with Gasteiger partial charge in [-0.3, -0.25) is 0 Å². The zero-order valence-electron chi connectivity index (χ0n) is 9.12. The van der Waals surface area contributed by atoms with Gasteiger partial charge in [-0.2, -0.15) is 0 Å². The van der Waals surface area contributed by atoms with Crippen molar-refractivity contribution in [2.45, 2.75) is 26.2 Å². The highest BCUT2D eigenvalue weighted by molar-refractivity contribution is 5.58. The van der Waals surface area contributed by atoms with E-state index in [-0.39, 0.29) is 0 Å². The highest BCUT2D eigenvalue weighted by Gasteiger charge is 2.16. The van der Waals surface area contributed by atoms with Crippen molar-refractivity contribution in [2.75, 3.05) is 11.9 Å². The van der Waals surface area contributed by atoms with Gasteiger partial charge >= 0.3 is 0 Å². The molecule has 0 fully saturated rings. The molecule has 2 rings (SSSR count). The Hall–Kier alpha value is -1.24. The second-order valence-electron chi connectivity index (χ2n) is 4.25. The molecule has 0 unspecified atom stereocenters. The van der Waals surface area contributed by atoms with E-state index in [0.717, 1.165) is 0 Å². The maximum Gasteiger partial charge on any atom is 0.0438 e. The molecule has 1 aromatic carbocycles. The first-order chi connectivity index (χ1) is 6.68. The normalized spacial score (nSPS) is 21.2. The van der Waals surface area contributed by atoms with Crippen LogP contribution in [0.1, 0.15) is 31.7 Å². The number of rotatable bonds is 0. The van der Waals surface area contributed by atoms with Crippen molar-refractivity contribution >= 4 is 5.69 Å². The molecular formula is C13H17N. The van der Waals surface area contributed by atoms with Crippen LogP contribution in [0.3, 0.4) is 0 Å². The third-order valence-electron chi connectivity index (χ3n) is 2.89. The predicted molar refractivity (Wildman–Crippen MR) is 61.6 cm³/mol. The van der Waals surface area contributed by atoms with Crippen LogP contribution in [0.4, 0.5) is 5.69 Å². The fourth-order valence-corrected chi connectivity index (χ4v) is 2.27. The van der Waals surface area contributed by atoms with Crippen molar-refractivity contribution in [3.8, 4) is 0 Å². The van der Waals surface area contributed by atoms with Gasteiger partial charge in [-0.05, 0) is 30.9 Å². The Morgan fingerprint density at radius 1 is 1.29 bits per heavy atom. The third kappa shape index (κ3) is 1.54. The SMILES string of the molecule is CC1=CN(C)c2ccccc2[C@@H](C)C1. The molecule has 0 bridgehead atoms. The van der Waals surface area contributed by atoms with Crippen LogP contribution in [0.15, 0.2) is 36.0 Å². The summed E-state index contributed by atoms with van der Waals surface area (Å²) in [4.78, 5) is 2.23. The van der Waals surface area contributed by atoms with Gasteiger partial charge in [-0.25, -0.2) is 0 Å². The molecule has 0 saturated carbocycles. The molecule has 0 aliphatic carbocycles. The number of allylic oxidation sites excluding steroid dienone is 1. The first-order valence-corrected chi connectivity index (χ1v) is 5.17. The quantitative estimate of drug-likeness (QED) is 0.600. The first kappa shape index (κ1) is 9.32. The summed E-state index contributed by atoms with van der Waals surface area (Å²) < 4.78 is 0. The Kier molecular flexibility index (Phi) is 2.32. The summed E-state index contributed by atoms with van der Waals surface area (Å²) in [6, 6.07) is 8.67. The lowest BCUT2D eigenvalue weighted by atomic mass is 9.94. The maximum atomic E-state index is 2.30. The van der Waals surface area contributed by atoms with Crippen molar-refractivity contribution in [3.63, 3.8) is 0 Å². The third-order valence-corrected chi connectivity index (χ3v) is 2.89. The van der Waals surface area contributed by atoms with E-state index in [2.05, 4.69) is 56.3 Å². The van der Waals surface area contributed by atoms with E-state index in [1.807, 2.05) is 0 Å². The highest BCUT2D eigenvalue weighted by Crippen LogP contribution is 2.34. The minimum atomic E-state index is 0.632. The first-order valence-electron chi connectivity index (χ1n) is 5.17. The molecule has 1 heteroatoms. The van der Waals surface area contributed by atoms with Gasteiger partial charge in [0, 0.05) is 18.9 Å². The number of hydrogen-bond acceptors (Lipinski definition) is 1. The molecule has 1 nitrogen and oxygen atoms in total. The van der Waals surface area contributed by atoms with E-state index >= 15 is 0 Å². The summed E-state index contributed by atoms with van der Waals surface area (Å²) in [5.74, 6) is 0.632. The number of nitrogens with zero attached hydrogens (tertiary/aromatic N) is 1. The standard InChI is InChI=1S/C13H17N/c1-10-8-11(2)12-6-4-5-7-13(12)14(3)9-10/h4-7,9,11H,8H2,1-3H3/t11-/m0/s1. The van der Waals surface area contributed by atoms with Crippen LogP contribution < -0.4 is 4.90 Å². The van der Waals surface area contributed by atoms with E-state index in [9.17, 15) is 0 Å². The van der Waals surface area contributed by atoms with Crippen molar-refractivity contribution in [1.29, 1.82) is 0 Å². The fraction of sp³-hybridized carbons (Fsp3) is 0.385. The van der Waals surface area contributed by atoms with Gasteiger partial charge in [0.1, 0.15) is 0 Å². The van der Waals surface area contributed by atoms with Crippen LogP contribution in [0.5, 0.6) is 0 Å². The molecule has 1 aromatic rings. The average molecular weight is 187 g/mol. The largest absolute Gasteiger partial charge is 0.351 e. The molecule has 1 heterocycles. The highest BCUT2D eigenvalue weighted by atomic mass is 15.1. The zero-order chi connectivity index (χ0) is 10.1. The smallest absolute Gasteiger partial charge is 0.0438 e. The Labute approximate surface area is 86.1 Å². The molecular weight excluding hydrogens is 170 g/mol. The van der Waals surface area contributed by atoms with Gasteiger partial charge in [0.15, 0.2) is 0 Å².